The minimum Gasteiger partial charge on any atom is -0.444 e. The molecular formula is C27H27ClFN5O3S. The van der Waals surface area contributed by atoms with Crippen LogP contribution in [-0.2, 0) is 4.74 Å². The number of alkyl carbamates (subject to hydrolysis) is 1. The van der Waals surface area contributed by atoms with E-state index in [4.69, 9.17) is 16.3 Å². The van der Waals surface area contributed by atoms with Crippen LogP contribution >= 0.6 is 22.9 Å². The third-order valence-corrected chi connectivity index (χ3v) is 6.47. The van der Waals surface area contributed by atoms with Gasteiger partial charge in [-0.2, -0.15) is 0 Å². The summed E-state index contributed by atoms with van der Waals surface area (Å²) in [7, 11) is 0. The van der Waals surface area contributed by atoms with Gasteiger partial charge in [0.15, 0.2) is 10.3 Å². The smallest absolute Gasteiger partial charge is 0.407 e. The van der Waals surface area contributed by atoms with Crippen molar-refractivity contribution in [3.8, 4) is 11.1 Å². The van der Waals surface area contributed by atoms with Crippen molar-refractivity contribution in [2.24, 2.45) is 0 Å². The van der Waals surface area contributed by atoms with E-state index in [2.05, 4.69) is 25.9 Å². The number of hydrogen-bond acceptors (Lipinski definition) is 7. The van der Waals surface area contributed by atoms with Gasteiger partial charge in [0.05, 0.1) is 15.9 Å². The molecular weight excluding hydrogens is 529 g/mol. The van der Waals surface area contributed by atoms with Gasteiger partial charge in [0.25, 0.3) is 5.91 Å². The van der Waals surface area contributed by atoms with Gasteiger partial charge in [-0.15, -0.1) is 0 Å². The molecule has 8 nitrogen and oxygen atoms in total. The van der Waals surface area contributed by atoms with Crippen molar-refractivity contribution in [2.75, 3.05) is 23.7 Å². The normalized spacial score (nSPS) is 11.3. The fraction of sp³-hybridized carbons (Fsp3) is 0.259. The summed E-state index contributed by atoms with van der Waals surface area (Å²) in [5.74, 6) is -0.986. The fourth-order valence-electron chi connectivity index (χ4n) is 3.49. The van der Waals surface area contributed by atoms with Gasteiger partial charge in [0.2, 0.25) is 0 Å². The van der Waals surface area contributed by atoms with Crippen LogP contribution in [0.1, 0.15) is 37.6 Å². The first kappa shape index (κ1) is 27.3. The van der Waals surface area contributed by atoms with Crippen LogP contribution in [0.3, 0.4) is 0 Å². The molecule has 11 heteroatoms. The van der Waals surface area contributed by atoms with Crippen molar-refractivity contribution in [3.05, 3.63) is 71.3 Å². The van der Waals surface area contributed by atoms with Crippen molar-refractivity contribution < 1.29 is 18.7 Å². The van der Waals surface area contributed by atoms with Crippen LogP contribution in [0, 0.1) is 5.82 Å². The first-order valence-electron chi connectivity index (χ1n) is 11.9. The van der Waals surface area contributed by atoms with Crippen LogP contribution in [-0.4, -0.2) is 40.7 Å². The maximum absolute atomic E-state index is 13.5. The lowest BCUT2D eigenvalue weighted by molar-refractivity contribution is 0.0527. The van der Waals surface area contributed by atoms with Crippen molar-refractivity contribution >= 4 is 56.0 Å². The van der Waals surface area contributed by atoms with E-state index in [9.17, 15) is 14.0 Å². The van der Waals surface area contributed by atoms with Crippen LogP contribution in [0.15, 0.2) is 54.7 Å². The number of amides is 2. The van der Waals surface area contributed by atoms with E-state index < -0.39 is 23.4 Å². The molecule has 2 aromatic heterocycles. The molecule has 0 aliphatic carbocycles. The number of rotatable bonds is 8. The lowest BCUT2D eigenvalue weighted by Gasteiger charge is -2.19. The number of nitrogens with one attached hydrogen (secondary N) is 3. The molecule has 4 rings (SSSR count). The van der Waals surface area contributed by atoms with Gasteiger partial charge in [0, 0.05) is 30.4 Å². The minimum absolute atomic E-state index is 0.130. The largest absolute Gasteiger partial charge is 0.444 e. The van der Waals surface area contributed by atoms with Crippen LogP contribution in [0.25, 0.3) is 21.3 Å². The maximum Gasteiger partial charge on any atom is 0.407 e. The van der Waals surface area contributed by atoms with Crippen LogP contribution in [0.4, 0.5) is 20.0 Å². The second-order valence-corrected chi connectivity index (χ2v) is 10.8. The van der Waals surface area contributed by atoms with Crippen molar-refractivity contribution in [3.63, 3.8) is 0 Å². The molecule has 38 heavy (non-hydrogen) atoms. The number of thiazole rings is 1. The summed E-state index contributed by atoms with van der Waals surface area (Å²) in [6.07, 6.45) is 1.90. The number of halogens is 2. The minimum atomic E-state index is -0.525. The van der Waals surface area contributed by atoms with E-state index in [0.717, 1.165) is 32.5 Å². The Labute approximate surface area is 228 Å². The molecule has 2 aromatic carbocycles. The number of benzene rings is 2. The zero-order valence-electron chi connectivity index (χ0n) is 21.1. The molecule has 0 bridgehead atoms. The van der Waals surface area contributed by atoms with Crippen LogP contribution < -0.4 is 16.0 Å². The third-order valence-electron chi connectivity index (χ3n) is 5.19. The van der Waals surface area contributed by atoms with E-state index in [1.54, 1.807) is 12.3 Å². The number of carbonyl (C=O) groups excluding carboxylic acids is 2. The van der Waals surface area contributed by atoms with E-state index in [-0.39, 0.29) is 10.7 Å². The second kappa shape index (κ2) is 11.7. The number of carbonyl (C=O) groups is 2. The highest BCUT2D eigenvalue weighted by Gasteiger charge is 2.16. The summed E-state index contributed by atoms with van der Waals surface area (Å²) in [6, 6.07) is 13.0. The van der Waals surface area contributed by atoms with Gasteiger partial charge in [-0.1, -0.05) is 35.1 Å². The second-order valence-electron chi connectivity index (χ2n) is 9.44. The molecule has 3 N–H and O–H groups in total. The monoisotopic (exact) mass is 555 g/mol. The summed E-state index contributed by atoms with van der Waals surface area (Å²) in [4.78, 5) is 33.1. The van der Waals surface area contributed by atoms with E-state index in [1.807, 2.05) is 39.0 Å². The average molecular weight is 556 g/mol. The molecule has 2 amide bonds. The molecule has 0 fully saturated rings. The Morgan fingerprint density at radius 1 is 1.08 bits per heavy atom. The summed E-state index contributed by atoms with van der Waals surface area (Å²) in [5, 5.41) is 9.62. The van der Waals surface area contributed by atoms with Gasteiger partial charge >= 0.3 is 6.09 Å². The van der Waals surface area contributed by atoms with E-state index in [0.29, 0.717) is 25.2 Å². The Morgan fingerprint density at radius 3 is 2.66 bits per heavy atom. The summed E-state index contributed by atoms with van der Waals surface area (Å²) >= 11 is 7.72. The van der Waals surface area contributed by atoms with Gasteiger partial charge < -0.3 is 20.7 Å². The molecule has 198 valence electrons. The predicted molar refractivity (Wildman–Crippen MR) is 150 cm³/mol. The van der Waals surface area contributed by atoms with Crippen molar-refractivity contribution in [2.45, 2.75) is 32.8 Å². The first-order valence-corrected chi connectivity index (χ1v) is 13.1. The Bertz CT molecular complexity index is 1470. The molecule has 4 aromatic rings. The Balaban J connectivity index is 1.39. The lowest BCUT2D eigenvalue weighted by Crippen LogP contribution is -2.33. The van der Waals surface area contributed by atoms with E-state index >= 15 is 0 Å². The number of pyridine rings is 1. The highest BCUT2D eigenvalue weighted by Crippen LogP contribution is 2.32. The molecule has 0 saturated heterocycles. The van der Waals surface area contributed by atoms with Gasteiger partial charge in [-0.25, -0.2) is 19.2 Å². The fourth-order valence-corrected chi connectivity index (χ4v) is 4.57. The summed E-state index contributed by atoms with van der Waals surface area (Å²) in [6.45, 7) is 6.59. The molecule has 0 radical (unpaired) electrons. The number of nitrogens with zero attached hydrogens (tertiary/aromatic N) is 2. The average Bonchev–Trinajstić information content (AvgIpc) is 3.26. The Hall–Kier alpha value is -3.76. The third kappa shape index (κ3) is 7.39. The van der Waals surface area contributed by atoms with Crippen LogP contribution in [0.2, 0.25) is 5.15 Å². The van der Waals surface area contributed by atoms with Gasteiger partial charge in [-0.05, 0) is 69.2 Å². The van der Waals surface area contributed by atoms with E-state index in [1.165, 1.54) is 29.5 Å². The van der Waals surface area contributed by atoms with Crippen molar-refractivity contribution in [1.82, 2.24) is 15.3 Å². The predicted octanol–water partition coefficient (Wildman–Crippen LogP) is 6.73. The zero-order chi connectivity index (χ0) is 27.3. The topological polar surface area (TPSA) is 105 Å². The Kier molecular flexibility index (Phi) is 8.43. The SMILES string of the molecule is CC(C)(C)OC(=O)NCCCNc1nc2ccc(-c3cnc(Cl)c(NC(=O)c4cccc(F)c4)c3)cc2s1. The number of fused-ring (bicyclic) bond motifs is 1. The number of ether oxygens (including phenoxy) is 1. The number of aromatic nitrogens is 2. The molecule has 0 saturated carbocycles. The maximum atomic E-state index is 13.5. The van der Waals surface area contributed by atoms with Crippen LogP contribution in [0.5, 0.6) is 0 Å². The number of hydrogen-bond donors (Lipinski definition) is 3. The molecule has 0 atom stereocenters. The molecule has 0 spiro atoms. The van der Waals surface area contributed by atoms with Gasteiger partial charge in [-0.3, -0.25) is 4.79 Å². The summed E-state index contributed by atoms with van der Waals surface area (Å²) < 4.78 is 19.7. The molecule has 0 aliphatic heterocycles. The lowest BCUT2D eigenvalue weighted by atomic mass is 10.1. The highest BCUT2D eigenvalue weighted by atomic mass is 35.5. The number of anilines is 2. The Morgan fingerprint density at radius 2 is 1.89 bits per heavy atom. The molecule has 2 heterocycles. The highest BCUT2D eigenvalue weighted by molar-refractivity contribution is 7.22. The standard InChI is InChI=1S/C27H27ClFN5O3S/c1-27(2,3)37-26(36)31-11-5-10-30-25-34-20-9-8-16(14-22(20)38-25)18-13-21(23(28)32-15-18)33-24(35)17-6-4-7-19(29)12-17/h4,6-9,12-15H,5,10-11H2,1-3H3,(H,30,34)(H,31,36)(H,33,35). The first-order chi connectivity index (χ1) is 18.1. The summed E-state index contributed by atoms with van der Waals surface area (Å²) in [5.41, 5.74) is 2.45. The molecule has 0 unspecified atom stereocenters. The van der Waals surface area contributed by atoms with Crippen molar-refractivity contribution in [1.29, 1.82) is 0 Å². The van der Waals surface area contributed by atoms with Gasteiger partial charge in [0.1, 0.15) is 11.4 Å². The zero-order valence-corrected chi connectivity index (χ0v) is 22.7. The molecule has 0 aliphatic rings. The quantitative estimate of drug-likeness (QED) is 0.164.